The maximum Gasteiger partial charge on any atom is 0.122 e. The van der Waals surface area contributed by atoms with E-state index in [-0.39, 0.29) is 0 Å². The molecule has 3 rings (SSSR count). The molecular formula is C14H17N3O. The van der Waals surface area contributed by atoms with Gasteiger partial charge in [0.15, 0.2) is 0 Å². The van der Waals surface area contributed by atoms with E-state index in [2.05, 4.69) is 28.4 Å². The number of rotatable bonds is 3. The predicted molar refractivity (Wildman–Crippen MR) is 70.7 cm³/mol. The fourth-order valence-electron chi connectivity index (χ4n) is 2.52. The highest BCUT2D eigenvalue weighted by Crippen LogP contribution is 2.32. The molecule has 1 aromatic carbocycles. The van der Waals surface area contributed by atoms with Gasteiger partial charge in [-0.3, -0.25) is 5.10 Å². The quantitative estimate of drug-likeness (QED) is 0.864. The van der Waals surface area contributed by atoms with E-state index in [9.17, 15) is 0 Å². The molecule has 0 spiro atoms. The van der Waals surface area contributed by atoms with Gasteiger partial charge in [0, 0.05) is 24.1 Å². The third kappa shape index (κ3) is 1.78. The van der Waals surface area contributed by atoms with Crippen molar-refractivity contribution < 1.29 is 4.74 Å². The van der Waals surface area contributed by atoms with Crippen molar-refractivity contribution in [3.63, 3.8) is 0 Å². The van der Waals surface area contributed by atoms with Crippen molar-refractivity contribution in [3.8, 4) is 16.9 Å². The minimum absolute atomic E-state index is 0.616. The van der Waals surface area contributed by atoms with Crippen LogP contribution in [-0.4, -0.2) is 23.3 Å². The van der Waals surface area contributed by atoms with E-state index in [0.29, 0.717) is 6.54 Å². The van der Waals surface area contributed by atoms with Gasteiger partial charge < -0.3 is 10.5 Å². The summed E-state index contributed by atoms with van der Waals surface area (Å²) in [6.07, 6.45) is 1.79. The number of H-pyrrole nitrogens is 1. The fourth-order valence-corrected chi connectivity index (χ4v) is 2.52. The molecular weight excluding hydrogens is 226 g/mol. The molecule has 0 bridgehead atoms. The number of hydrogen-bond acceptors (Lipinski definition) is 3. The molecule has 1 aliphatic heterocycles. The fraction of sp³-hybridized carbons (Fsp3) is 0.357. The van der Waals surface area contributed by atoms with Gasteiger partial charge in [0.1, 0.15) is 5.75 Å². The Hall–Kier alpha value is -1.81. The first-order valence-corrected chi connectivity index (χ1v) is 6.29. The second-order valence-electron chi connectivity index (χ2n) is 4.63. The highest BCUT2D eigenvalue weighted by atomic mass is 16.5. The van der Waals surface area contributed by atoms with Crippen LogP contribution in [0.3, 0.4) is 0 Å². The lowest BCUT2D eigenvalue weighted by Crippen LogP contribution is -2.04. The van der Waals surface area contributed by atoms with Crippen LogP contribution in [-0.2, 0) is 12.8 Å². The van der Waals surface area contributed by atoms with Crippen molar-refractivity contribution >= 4 is 0 Å². The maximum atomic E-state index is 5.63. The van der Waals surface area contributed by atoms with E-state index in [4.69, 9.17) is 10.5 Å². The summed E-state index contributed by atoms with van der Waals surface area (Å²) < 4.78 is 5.54. The van der Waals surface area contributed by atoms with Crippen LogP contribution >= 0.6 is 0 Å². The van der Waals surface area contributed by atoms with E-state index in [1.54, 1.807) is 0 Å². The van der Waals surface area contributed by atoms with Crippen LogP contribution in [0, 0.1) is 6.92 Å². The maximum absolute atomic E-state index is 5.63. The lowest BCUT2D eigenvalue weighted by molar-refractivity contribution is 0.357. The van der Waals surface area contributed by atoms with Crippen molar-refractivity contribution in [1.29, 1.82) is 0 Å². The average molecular weight is 243 g/mol. The molecule has 0 radical (unpaired) electrons. The number of ether oxygens (including phenoxy) is 1. The summed E-state index contributed by atoms with van der Waals surface area (Å²) in [7, 11) is 0. The first-order chi connectivity index (χ1) is 8.79. The molecule has 4 heteroatoms. The number of aromatic nitrogens is 2. The van der Waals surface area contributed by atoms with Crippen LogP contribution in [0.1, 0.15) is 17.0 Å². The standard InChI is InChI=1S/C14H17N3O/c1-9-14(12(4-6-15)17-16-9)11-2-3-13-10(8-11)5-7-18-13/h2-3,8H,4-7,15H2,1H3,(H,16,17). The number of benzene rings is 1. The van der Waals surface area contributed by atoms with E-state index in [0.717, 1.165) is 36.6 Å². The summed E-state index contributed by atoms with van der Waals surface area (Å²) in [6.45, 7) is 3.45. The molecule has 4 nitrogen and oxygen atoms in total. The molecule has 0 aliphatic carbocycles. The monoisotopic (exact) mass is 243 g/mol. The van der Waals surface area contributed by atoms with E-state index < -0.39 is 0 Å². The van der Waals surface area contributed by atoms with Gasteiger partial charge in [0.2, 0.25) is 0 Å². The van der Waals surface area contributed by atoms with E-state index in [1.807, 2.05) is 6.92 Å². The van der Waals surface area contributed by atoms with Crippen molar-refractivity contribution in [1.82, 2.24) is 10.2 Å². The normalized spacial score (nSPS) is 13.4. The van der Waals surface area contributed by atoms with E-state index >= 15 is 0 Å². The lowest BCUT2D eigenvalue weighted by atomic mass is 9.99. The molecule has 0 fully saturated rings. The largest absolute Gasteiger partial charge is 0.493 e. The number of fused-ring (bicyclic) bond motifs is 1. The Morgan fingerprint density at radius 2 is 2.33 bits per heavy atom. The summed E-state index contributed by atoms with van der Waals surface area (Å²) in [5.41, 5.74) is 11.5. The highest BCUT2D eigenvalue weighted by molar-refractivity contribution is 5.70. The van der Waals surface area contributed by atoms with Crippen molar-refractivity contribution in [3.05, 3.63) is 35.2 Å². The van der Waals surface area contributed by atoms with Crippen LogP contribution in [0.5, 0.6) is 5.75 Å². The Morgan fingerprint density at radius 1 is 1.44 bits per heavy atom. The zero-order valence-electron chi connectivity index (χ0n) is 10.5. The van der Waals surface area contributed by atoms with Crippen LogP contribution in [0.25, 0.3) is 11.1 Å². The molecule has 1 aliphatic rings. The minimum atomic E-state index is 0.616. The predicted octanol–water partition coefficient (Wildman–Crippen LogP) is 1.82. The third-order valence-corrected chi connectivity index (χ3v) is 3.38. The summed E-state index contributed by atoms with van der Waals surface area (Å²) in [4.78, 5) is 0. The Bertz CT molecular complexity index is 574. The van der Waals surface area contributed by atoms with Crippen molar-refractivity contribution in [2.24, 2.45) is 5.73 Å². The second-order valence-corrected chi connectivity index (χ2v) is 4.63. The topological polar surface area (TPSA) is 63.9 Å². The third-order valence-electron chi connectivity index (χ3n) is 3.38. The number of nitrogens with zero attached hydrogens (tertiary/aromatic N) is 1. The molecule has 0 saturated carbocycles. The van der Waals surface area contributed by atoms with Crippen molar-refractivity contribution in [2.75, 3.05) is 13.2 Å². The number of aryl methyl sites for hydroxylation is 1. The van der Waals surface area contributed by atoms with Crippen LogP contribution in [0.2, 0.25) is 0 Å². The van der Waals surface area contributed by atoms with Gasteiger partial charge in [-0.15, -0.1) is 0 Å². The number of aromatic amines is 1. The van der Waals surface area contributed by atoms with Gasteiger partial charge in [-0.2, -0.15) is 5.10 Å². The Balaban J connectivity index is 2.06. The average Bonchev–Trinajstić information content (AvgIpc) is 2.96. The Kier molecular flexibility index (Phi) is 2.80. The molecule has 1 aromatic heterocycles. The van der Waals surface area contributed by atoms with Gasteiger partial charge in [-0.1, -0.05) is 6.07 Å². The van der Waals surface area contributed by atoms with Crippen LogP contribution < -0.4 is 10.5 Å². The van der Waals surface area contributed by atoms with Crippen molar-refractivity contribution in [2.45, 2.75) is 19.8 Å². The SMILES string of the molecule is Cc1[nH]nc(CCN)c1-c1ccc2c(c1)CCO2. The van der Waals surface area contributed by atoms with E-state index in [1.165, 1.54) is 16.7 Å². The summed E-state index contributed by atoms with van der Waals surface area (Å²) in [6, 6.07) is 6.36. The summed E-state index contributed by atoms with van der Waals surface area (Å²) >= 11 is 0. The number of nitrogens with two attached hydrogens (primary N) is 1. The molecule has 94 valence electrons. The van der Waals surface area contributed by atoms with Gasteiger partial charge in [0.05, 0.1) is 12.3 Å². The van der Waals surface area contributed by atoms with Crippen LogP contribution in [0.4, 0.5) is 0 Å². The first kappa shape index (κ1) is 11.3. The first-order valence-electron chi connectivity index (χ1n) is 6.29. The summed E-state index contributed by atoms with van der Waals surface area (Å²) in [5.74, 6) is 1.01. The molecule has 2 aromatic rings. The molecule has 0 unspecified atom stereocenters. The molecule has 0 atom stereocenters. The zero-order chi connectivity index (χ0) is 12.5. The Labute approximate surface area is 106 Å². The highest BCUT2D eigenvalue weighted by Gasteiger charge is 2.16. The lowest BCUT2D eigenvalue weighted by Gasteiger charge is -2.06. The smallest absolute Gasteiger partial charge is 0.122 e. The minimum Gasteiger partial charge on any atom is -0.493 e. The molecule has 0 amide bonds. The van der Waals surface area contributed by atoms with Gasteiger partial charge in [0.25, 0.3) is 0 Å². The molecule has 0 saturated heterocycles. The van der Waals surface area contributed by atoms with Crippen LogP contribution in [0.15, 0.2) is 18.2 Å². The molecule has 3 N–H and O–H groups in total. The second kappa shape index (κ2) is 4.46. The van der Waals surface area contributed by atoms with Gasteiger partial charge >= 0.3 is 0 Å². The van der Waals surface area contributed by atoms with Gasteiger partial charge in [-0.25, -0.2) is 0 Å². The van der Waals surface area contributed by atoms with Gasteiger partial charge in [-0.05, 0) is 36.7 Å². The Morgan fingerprint density at radius 3 is 3.17 bits per heavy atom. The number of nitrogens with one attached hydrogen (secondary N) is 1. The number of hydrogen-bond donors (Lipinski definition) is 2. The molecule has 2 heterocycles. The zero-order valence-corrected chi connectivity index (χ0v) is 10.5. The molecule has 18 heavy (non-hydrogen) atoms. The summed E-state index contributed by atoms with van der Waals surface area (Å²) in [5, 5.41) is 7.39.